The van der Waals surface area contributed by atoms with Crippen LogP contribution in [0.5, 0.6) is 0 Å². The number of nitrogen functional groups attached to an aromatic ring is 1. The van der Waals surface area contributed by atoms with Crippen molar-refractivity contribution in [1.82, 2.24) is 4.57 Å². The quantitative estimate of drug-likeness (QED) is 0.822. The highest BCUT2D eigenvalue weighted by molar-refractivity contribution is 5.33. The lowest BCUT2D eigenvalue weighted by Gasteiger charge is -2.19. The van der Waals surface area contributed by atoms with Crippen LogP contribution < -0.4 is 11.3 Å². The molecule has 0 aromatic carbocycles. The third-order valence-corrected chi connectivity index (χ3v) is 3.00. The van der Waals surface area contributed by atoms with Gasteiger partial charge in [0.25, 0.3) is 5.56 Å². The van der Waals surface area contributed by atoms with E-state index in [2.05, 4.69) is 13.8 Å². The van der Waals surface area contributed by atoms with Gasteiger partial charge in [0.05, 0.1) is 23.9 Å². The van der Waals surface area contributed by atoms with Gasteiger partial charge >= 0.3 is 0 Å². The van der Waals surface area contributed by atoms with Gasteiger partial charge < -0.3 is 15.0 Å². The lowest BCUT2D eigenvalue weighted by molar-refractivity contribution is -0.0220. The van der Waals surface area contributed by atoms with E-state index in [9.17, 15) is 4.79 Å². The zero-order valence-electron chi connectivity index (χ0n) is 9.77. The minimum absolute atomic E-state index is 0.0609. The summed E-state index contributed by atoms with van der Waals surface area (Å²) in [6.07, 6.45) is 3.91. The molecule has 88 valence electrons. The standard InChI is InChI=1S/C12H18N2O2/c1-12(2)6-5-9(16-12)8-14-7-3-4-10(13)11(14)15/h3-4,7,9H,5-6,8,13H2,1-2H3. The topological polar surface area (TPSA) is 57.2 Å². The molecule has 0 spiro atoms. The first-order chi connectivity index (χ1) is 7.48. The first-order valence-electron chi connectivity index (χ1n) is 5.61. The fourth-order valence-corrected chi connectivity index (χ4v) is 2.12. The Labute approximate surface area is 95.0 Å². The maximum absolute atomic E-state index is 11.7. The summed E-state index contributed by atoms with van der Waals surface area (Å²) in [6.45, 7) is 4.75. The van der Waals surface area contributed by atoms with Crippen molar-refractivity contribution in [3.63, 3.8) is 0 Å². The van der Waals surface area contributed by atoms with Crippen molar-refractivity contribution >= 4 is 5.69 Å². The highest BCUT2D eigenvalue weighted by Crippen LogP contribution is 2.29. The normalized spacial score (nSPS) is 23.5. The van der Waals surface area contributed by atoms with Gasteiger partial charge in [0.2, 0.25) is 0 Å². The number of nitrogens with zero attached hydrogens (tertiary/aromatic N) is 1. The first kappa shape index (κ1) is 11.2. The monoisotopic (exact) mass is 222 g/mol. The summed E-state index contributed by atoms with van der Waals surface area (Å²) in [5, 5.41) is 0. The molecule has 1 saturated heterocycles. The van der Waals surface area contributed by atoms with E-state index in [0.717, 1.165) is 12.8 Å². The van der Waals surface area contributed by atoms with Crippen LogP contribution in [-0.4, -0.2) is 16.3 Å². The van der Waals surface area contributed by atoms with Crippen LogP contribution in [0.25, 0.3) is 0 Å². The summed E-state index contributed by atoms with van der Waals surface area (Å²) in [5.74, 6) is 0. The Kier molecular flexibility index (Phi) is 2.76. The van der Waals surface area contributed by atoms with Crippen molar-refractivity contribution in [3.8, 4) is 0 Å². The SMILES string of the molecule is CC1(C)CCC(Cn2cccc(N)c2=O)O1. The Morgan fingerprint density at radius 2 is 2.38 bits per heavy atom. The molecule has 2 heterocycles. The summed E-state index contributed by atoms with van der Waals surface area (Å²) >= 11 is 0. The molecule has 0 aliphatic carbocycles. The number of nitrogens with two attached hydrogens (primary N) is 1. The number of hydrogen-bond donors (Lipinski definition) is 1. The Morgan fingerprint density at radius 1 is 1.62 bits per heavy atom. The number of rotatable bonds is 2. The molecule has 1 fully saturated rings. The van der Waals surface area contributed by atoms with Crippen LogP contribution in [0.2, 0.25) is 0 Å². The Bertz CT molecular complexity index is 437. The Balaban J connectivity index is 2.11. The number of pyridine rings is 1. The average Bonchev–Trinajstić information content (AvgIpc) is 2.53. The molecule has 0 bridgehead atoms. The fraction of sp³-hybridized carbons (Fsp3) is 0.583. The third kappa shape index (κ3) is 2.27. The summed E-state index contributed by atoms with van der Waals surface area (Å²) in [6, 6.07) is 3.41. The molecule has 2 N–H and O–H groups in total. The number of aromatic nitrogens is 1. The van der Waals surface area contributed by atoms with Gasteiger partial charge in [-0.2, -0.15) is 0 Å². The van der Waals surface area contributed by atoms with Crippen LogP contribution in [0.3, 0.4) is 0 Å². The zero-order chi connectivity index (χ0) is 11.8. The van der Waals surface area contributed by atoms with E-state index < -0.39 is 0 Å². The largest absolute Gasteiger partial charge is 0.394 e. The highest BCUT2D eigenvalue weighted by Gasteiger charge is 2.31. The molecule has 0 saturated carbocycles. The third-order valence-electron chi connectivity index (χ3n) is 3.00. The summed E-state index contributed by atoms with van der Waals surface area (Å²) in [7, 11) is 0. The molecular weight excluding hydrogens is 204 g/mol. The van der Waals surface area contributed by atoms with Crippen molar-refractivity contribution in [2.24, 2.45) is 0 Å². The van der Waals surface area contributed by atoms with Gasteiger partial charge in [0.15, 0.2) is 0 Å². The highest BCUT2D eigenvalue weighted by atomic mass is 16.5. The van der Waals surface area contributed by atoms with Crippen molar-refractivity contribution in [1.29, 1.82) is 0 Å². The second-order valence-corrected chi connectivity index (χ2v) is 4.96. The summed E-state index contributed by atoms with van der Waals surface area (Å²) in [5.41, 5.74) is 5.68. The molecule has 16 heavy (non-hydrogen) atoms. The van der Waals surface area contributed by atoms with Crippen LogP contribution >= 0.6 is 0 Å². The van der Waals surface area contributed by atoms with E-state index in [1.165, 1.54) is 0 Å². The van der Waals surface area contributed by atoms with Gasteiger partial charge in [-0.3, -0.25) is 4.79 Å². The lowest BCUT2D eigenvalue weighted by Crippen LogP contribution is -2.29. The van der Waals surface area contributed by atoms with E-state index >= 15 is 0 Å². The molecule has 4 nitrogen and oxygen atoms in total. The minimum atomic E-state index is -0.129. The van der Waals surface area contributed by atoms with Crippen LogP contribution in [-0.2, 0) is 11.3 Å². The molecule has 1 aromatic heterocycles. The number of anilines is 1. The maximum atomic E-state index is 11.7. The molecular formula is C12H18N2O2. The van der Waals surface area contributed by atoms with Gasteiger partial charge in [0, 0.05) is 6.20 Å². The molecule has 2 rings (SSSR count). The molecule has 4 heteroatoms. The maximum Gasteiger partial charge on any atom is 0.273 e. The van der Waals surface area contributed by atoms with Gasteiger partial charge in [-0.1, -0.05) is 0 Å². The molecule has 0 amide bonds. The van der Waals surface area contributed by atoms with Crippen molar-refractivity contribution in [2.45, 2.75) is 44.9 Å². The van der Waals surface area contributed by atoms with Gasteiger partial charge in [-0.25, -0.2) is 0 Å². The molecule has 1 aliphatic heterocycles. The molecule has 1 aromatic rings. The first-order valence-corrected chi connectivity index (χ1v) is 5.61. The average molecular weight is 222 g/mol. The summed E-state index contributed by atoms with van der Waals surface area (Å²) in [4.78, 5) is 11.7. The van der Waals surface area contributed by atoms with Crippen LogP contribution in [0, 0.1) is 0 Å². The van der Waals surface area contributed by atoms with Crippen molar-refractivity contribution in [2.75, 3.05) is 5.73 Å². The zero-order valence-corrected chi connectivity index (χ0v) is 9.77. The van der Waals surface area contributed by atoms with E-state index in [-0.39, 0.29) is 17.3 Å². The van der Waals surface area contributed by atoms with Crippen LogP contribution in [0.15, 0.2) is 23.1 Å². The van der Waals surface area contributed by atoms with Gasteiger partial charge in [-0.15, -0.1) is 0 Å². The molecule has 1 aliphatic rings. The smallest absolute Gasteiger partial charge is 0.273 e. The lowest BCUT2D eigenvalue weighted by atomic mass is 10.1. The fourth-order valence-electron chi connectivity index (χ4n) is 2.12. The predicted octanol–water partition coefficient (Wildman–Crippen LogP) is 1.39. The number of hydrogen-bond acceptors (Lipinski definition) is 3. The molecule has 0 radical (unpaired) electrons. The minimum Gasteiger partial charge on any atom is -0.394 e. The second-order valence-electron chi connectivity index (χ2n) is 4.96. The van der Waals surface area contributed by atoms with Crippen molar-refractivity contribution < 1.29 is 4.74 Å². The van der Waals surface area contributed by atoms with Gasteiger partial charge in [0.1, 0.15) is 0 Å². The van der Waals surface area contributed by atoms with E-state index in [1.54, 1.807) is 22.9 Å². The predicted molar refractivity (Wildman–Crippen MR) is 63.3 cm³/mol. The van der Waals surface area contributed by atoms with Crippen molar-refractivity contribution in [3.05, 3.63) is 28.7 Å². The number of ether oxygens (including phenoxy) is 1. The van der Waals surface area contributed by atoms with E-state index in [1.807, 2.05) is 0 Å². The van der Waals surface area contributed by atoms with Crippen LogP contribution in [0.1, 0.15) is 26.7 Å². The van der Waals surface area contributed by atoms with E-state index in [0.29, 0.717) is 12.2 Å². The van der Waals surface area contributed by atoms with Crippen LogP contribution in [0.4, 0.5) is 5.69 Å². The Hall–Kier alpha value is -1.29. The molecule has 1 atom stereocenters. The second kappa shape index (κ2) is 3.94. The Morgan fingerprint density at radius 3 is 3.00 bits per heavy atom. The van der Waals surface area contributed by atoms with Gasteiger partial charge in [-0.05, 0) is 38.8 Å². The summed E-state index contributed by atoms with van der Waals surface area (Å²) < 4.78 is 7.47. The molecule has 1 unspecified atom stereocenters. The van der Waals surface area contributed by atoms with E-state index in [4.69, 9.17) is 10.5 Å².